The van der Waals surface area contributed by atoms with Gasteiger partial charge >= 0.3 is 6.09 Å². The third-order valence-electron chi connectivity index (χ3n) is 2.66. The van der Waals surface area contributed by atoms with Crippen LogP contribution in [0.5, 0.6) is 5.75 Å². The molecule has 0 saturated heterocycles. The molecule has 1 aromatic carbocycles. The molecule has 2 atom stereocenters. The summed E-state index contributed by atoms with van der Waals surface area (Å²) in [5.74, 6) is 0.0987. The van der Waals surface area contributed by atoms with E-state index in [9.17, 15) is 13.8 Å². The fourth-order valence-corrected chi connectivity index (χ4v) is 1.90. The maximum atomic E-state index is 11.9. The number of carbonyl (C=O) groups is 2. The summed E-state index contributed by atoms with van der Waals surface area (Å²) < 4.78 is 32.0. The summed E-state index contributed by atoms with van der Waals surface area (Å²) in [5, 5.41) is 2.44. The molecule has 0 aliphatic rings. The van der Waals surface area contributed by atoms with E-state index in [4.69, 9.17) is 14.0 Å². The first kappa shape index (κ1) is 19.9. The lowest BCUT2D eigenvalue weighted by Gasteiger charge is -2.21. The third-order valence-corrected chi connectivity index (χ3v) is 3.07. The van der Waals surface area contributed by atoms with E-state index in [1.807, 2.05) is 0 Å². The number of alkyl carbamates (subject to hydrolysis) is 1. The van der Waals surface area contributed by atoms with E-state index in [0.717, 1.165) is 0 Å². The molecule has 0 aromatic heterocycles. The summed E-state index contributed by atoms with van der Waals surface area (Å²) in [4.78, 5) is 23.5. The Bertz CT molecular complexity index is 597. The van der Waals surface area contributed by atoms with Gasteiger partial charge in [0.25, 0.3) is 11.3 Å². The molecule has 24 heavy (non-hydrogen) atoms. The fourth-order valence-electron chi connectivity index (χ4n) is 1.56. The van der Waals surface area contributed by atoms with Gasteiger partial charge in [0.1, 0.15) is 18.0 Å². The standard InChI is InChI=1S/C15H22N2O6S/c1-10(16-14(19)23-15(2,3)4)13(18)9-22-12-7-5-11(6-8-12)17-24(20)21/h5-8,10,17H,9H2,1-4H3,(H,16,19)(H,20,21)/t10-/m0/s1. The number of rotatable bonds is 7. The van der Waals surface area contributed by atoms with Gasteiger partial charge in [0.15, 0.2) is 5.78 Å². The number of anilines is 1. The fraction of sp³-hybridized carbons (Fsp3) is 0.467. The molecule has 0 radical (unpaired) electrons. The highest BCUT2D eigenvalue weighted by molar-refractivity contribution is 7.80. The van der Waals surface area contributed by atoms with E-state index in [2.05, 4.69) is 10.0 Å². The van der Waals surface area contributed by atoms with Gasteiger partial charge in [0.05, 0.1) is 6.04 Å². The summed E-state index contributed by atoms with van der Waals surface area (Å²) >= 11 is -2.15. The Labute approximate surface area is 143 Å². The maximum Gasteiger partial charge on any atom is 0.408 e. The molecular weight excluding hydrogens is 336 g/mol. The summed E-state index contributed by atoms with van der Waals surface area (Å²) in [6.45, 7) is 6.50. The Balaban J connectivity index is 2.44. The average Bonchev–Trinajstić information content (AvgIpc) is 2.43. The van der Waals surface area contributed by atoms with E-state index in [1.165, 1.54) is 12.1 Å². The van der Waals surface area contributed by atoms with E-state index in [1.54, 1.807) is 39.8 Å². The molecular formula is C15H22N2O6S. The summed E-state index contributed by atoms with van der Waals surface area (Å²) in [6.07, 6.45) is -0.671. The Hall–Kier alpha value is -2.13. The molecule has 8 nitrogen and oxygen atoms in total. The zero-order valence-electron chi connectivity index (χ0n) is 14.0. The molecule has 0 aliphatic carbocycles. The van der Waals surface area contributed by atoms with Crippen LogP contribution in [0.3, 0.4) is 0 Å². The predicted molar refractivity (Wildman–Crippen MR) is 90.2 cm³/mol. The number of Topliss-reactive ketones (excluding diaryl/α,β-unsaturated/α-hetero) is 1. The van der Waals surface area contributed by atoms with Crippen molar-refractivity contribution in [2.45, 2.75) is 39.3 Å². The highest BCUT2D eigenvalue weighted by Gasteiger charge is 2.21. The van der Waals surface area contributed by atoms with Crippen LogP contribution in [-0.4, -0.2) is 38.9 Å². The van der Waals surface area contributed by atoms with Crippen molar-refractivity contribution in [1.82, 2.24) is 5.32 Å². The zero-order chi connectivity index (χ0) is 18.3. The number of ether oxygens (including phenoxy) is 2. The average molecular weight is 358 g/mol. The van der Waals surface area contributed by atoms with Crippen molar-refractivity contribution in [3.05, 3.63) is 24.3 Å². The number of hydrogen-bond acceptors (Lipinski definition) is 5. The third kappa shape index (κ3) is 7.93. The van der Waals surface area contributed by atoms with Gasteiger partial charge in [-0.05, 0) is 52.0 Å². The molecule has 1 aromatic rings. The smallest absolute Gasteiger partial charge is 0.408 e. The molecule has 0 bridgehead atoms. The number of nitrogens with one attached hydrogen (secondary N) is 2. The largest absolute Gasteiger partial charge is 0.486 e. The van der Waals surface area contributed by atoms with E-state index in [0.29, 0.717) is 11.4 Å². The van der Waals surface area contributed by atoms with Crippen LogP contribution in [0.15, 0.2) is 24.3 Å². The summed E-state index contributed by atoms with van der Waals surface area (Å²) in [5.41, 5.74) is -0.202. The minimum atomic E-state index is -2.15. The minimum Gasteiger partial charge on any atom is -0.486 e. The Morgan fingerprint density at radius 1 is 1.25 bits per heavy atom. The molecule has 9 heteroatoms. The van der Waals surface area contributed by atoms with Crippen molar-refractivity contribution in [2.24, 2.45) is 0 Å². The van der Waals surface area contributed by atoms with Crippen LogP contribution in [-0.2, 0) is 20.8 Å². The molecule has 3 N–H and O–H groups in total. The van der Waals surface area contributed by atoms with Gasteiger partial charge in [-0.2, -0.15) is 0 Å². The van der Waals surface area contributed by atoms with E-state index in [-0.39, 0.29) is 12.4 Å². The number of benzene rings is 1. The first-order chi connectivity index (χ1) is 11.1. The number of amides is 1. The first-order valence-electron chi connectivity index (χ1n) is 7.19. The first-order valence-corrected chi connectivity index (χ1v) is 8.30. The normalized spacial score (nSPS) is 13.5. The van der Waals surface area contributed by atoms with Gasteiger partial charge in [-0.25, -0.2) is 9.00 Å². The second-order valence-electron chi connectivity index (χ2n) is 6.00. The number of ketones is 1. The predicted octanol–water partition coefficient (Wildman–Crippen LogP) is 2.10. The Kier molecular flexibility index (Phi) is 7.18. The highest BCUT2D eigenvalue weighted by Crippen LogP contribution is 2.16. The van der Waals surface area contributed by atoms with Crippen molar-refractivity contribution < 1.29 is 27.8 Å². The summed E-state index contributed by atoms with van der Waals surface area (Å²) in [6, 6.07) is 5.42. The Morgan fingerprint density at radius 2 is 1.83 bits per heavy atom. The van der Waals surface area contributed by atoms with Crippen molar-refractivity contribution >= 4 is 28.8 Å². The van der Waals surface area contributed by atoms with Crippen LogP contribution in [0.4, 0.5) is 10.5 Å². The van der Waals surface area contributed by atoms with Crippen LogP contribution in [0.25, 0.3) is 0 Å². The van der Waals surface area contributed by atoms with Crippen molar-refractivity contribution in [3.8, 4) is 5.75 Å². The second kappa shape index (κ2) is 8.65. The maximum absolute atomic E-state index is 11.9. The van der Waals surface area contributed by atoms with Gasteiger partial charge in [-0.1, -0.05) is 0 Å². The molecule has 0 saturated carbocycles. The molecule has 134 valence electrons. The minimum absolute atomic E-state index is 0.227. The SMILES string of the molecule is C[C@H](NC(=O)OC(C)(C)C)C(=O)COc1ccc(NS(=O)O)cc1. The number of hydrogen-bond donors (Lipinski definition) is 3. The molecule has 0 heterocycles. The van der Waals surface area contributed by atoms with Crippen molar-refractivity contribution in [2.75, 3.05) is 11.3 Å². The lowest BCUT2D eigenvalue weighted by atomic mass is 10.2. The number of carbonyl (C=O) groups excluding carboxylic acids is 2. The lowest BCUT2D eigenvalue weighted by Crippen LogP contribution is -2.43. The molecule has 1 rings (SSSR count). The summed E-state index contributed by atoms with van der Waals surface area (Å²) in [7, 11) is 0. The van der Waals surface area contributed by atoms with Gasteiger partial charge in [0, 0.05) is 5.69 Å². The van der Waals surface area contributed by atoms with Gasteiger partial charge in [-0.15, -0.1) is 0 Å². The molecule has 0 spiro atoms. The molecule has 1 amide bonds. The van der Waals surface area contributed by atoms with E-state index >= 15 is 0 Å². The Morgan fingerprint density at radius 3 is 2.33 bits per heavy atom. The van der Waals surface area contributed by atoms with Gasteiger partial charge in [0.2, 0.25) is 0 Å². The van der Waals surface area contributed by atoms with E-state index < -0.39 is 29.0 Å². The van der Waals surface area contributed by atoms with Crippen LogP contribution in [0.1, 0.15) is 27.7 Å². The van der Waals surface area contributed by atoms with Crippen molar-refractivity contribution in [3.63, 3.8) is 0 Å². The van der Waals surface area contributed by atoms with Crippen LogP contribution < -0.4 is 14.8 Å². The monoisotopic (exact) mass is 358 g/mol. The van der Waals surface area contributed by atoms with Crippen LogP contribution in [0.2, 0.25) is 0 Å². The van der Waals surface area contributed by atoms with Gasteiger partial charge < -0.3 is 14.8 Å². The second-order valence-corrected chi connectivity index (χ2v) is 6.70. The quantitative estimate of drug-likeness (QED) is 0.643. The molecule has 0 fully saturated rings. The zero-order valence-corrected chi connectivity index (χ0v) is 14.8. The lowest BCUT2D eigenvalue weighted by molar-refractivity contribution is -0.122. The van der Waals surface area contributed by atoms with Crippen molar-refractivity contribution in [1.29, 1.82) is 0 Å². The van der Waals surface area contributed by atoms with Crippen LogP contribution >= 0.6 is 0 Å². The van der Waals surface area contributed by atoms with Gasteiger partial charge in [-0.3, -0.25) is 14.1 Å². The topological polar surface area (TPSA) is 114 Å². The van der Waals surface area contributed by atoms with Crippen LogP contribution in [0, 0.1) is 0 Å². The molecule has 0 aliphatic heterocycles. The highest BCUT2D eigenvalue weighted by atomic mass is 32.2. The molecule has 1 unspecified atom stereocenters.